The summed E-state index contributed by atoms with van der Waals surface area (Å²) >= 11 is 0. The molecule has 1 amide bonds. The molecule has 0 saturated carbocycles. The lowest BCUT2D eigenvalue weighted by atomic mass is 10.0. The fourth-order valence-electron chi connectivity index (χ4n) is 3.05. The second-order valence-electron chi connectivity index (χ2n) is 6.04. The molecular weight excluding hydrogens is 302 g/mol. The molecule has 2 aromatic rings. The Hall–Kier alpha value is -2.43. The minimum absolute atomic E-state index is 0.125. The lowest BCUT2D eigenvalue weighted by molar-refractivity contribution is -0.127. The van der Waals surface area contributed by atoms with Gasteiger partial charge in [-0.15, -0.1) is 0 Å². The molecule has 1 aliphatic heterocycles. The van der Waals surface area contributed by atoms with Crippen LogP contribution in [-0.2, 0) is 4.79 Å². The van der Waals surface area contributed by atoms with Gasteiger partial charge in [-0.25, -0.2) is 0 Å². The molecule has 1 aliphatic rings. The van der Waals surface area contributed by atoms with Crippen molar-refractivity contribution in [3.8, 4) is 11.1 Å². The summed E-state index contributed by atoms with van der Waals surface area (Å²) in [6, 6.07) is 17.7. The van der Waals surface area contributed by atoms with E-state index in [1.54, 1.807) is 6.08 Å². The van der Waals surface area contributed by atoms with Crippen LogP contribution in [0.1, 0.15) is 12.0 Å². The van der Waals surface area contributed by atoms with Gasteiger partial charge in [0.2, 0.25) is 5.91 Å². The quantitative estimate of drug-likeness (QED) is 0.849. The van der Waals surface area contributed by atoms with Gasteiger partial charge in [-0.05, 0) is 35.3 Å². The highest BCUT2D eigenvalue weighted by Gasteiger charge is 2.32. The third kappa shape index (κ3) is 3.72. The Morgan fingerprint density at radius 1 is 1.12 bits per heavy atom. The zero-order valence-electron chi connectivity index (χ0n) is 13.4. The first kappa shape index (κ1) is 16.4. The summed E-state index contributed by atoms with van der Waals surface area (Å²) in [5.41, 5.74) is 3.15. The van der Waals surface area contributed by atoms with Crippen LogP contribution in [0, 0.1) is 0 Å². The van der Waals surface area contributed by atoms with Crippen LogP contribution < -0.4 is 0 Å². The molecule has 124 valence electrons. The number of rotatable bonds is 4. The maximum Gasteiger partial charge on any atom is 0.246 e. The fourth-order valence-corrected chi connectivity index (χ4v) is 3.05. The molecule has 0 spiro atoms. The fraction of sp³-hybridized carbons (Fsp3) is 0.250. The number of likely N-dealkylation sites (tertiary alicyclic amines) is 1. The van der Waals surface area contributed by atoms with Gasteiger partial charge in [-0.1, -0.05) is 48.5 Å². The van der Waals surface area contributed by atoms with Gasteiger partial charge < -0.3 is 15.1 Å². The predicted molar refractivity (Wildman–Crippen MR) is 94.1 cm³/mol. The van der Waals surface area contributed by atoms with Crippen molar-refractivity contribution in [3.63, 3.8) is 0 Å². The van der Waals surface area contributed by atoms with E-state index in [0.29, 0.717) is 6.42 Å². The molecule has 0 unspecified atom stereocenters. The van der Waals surface area contributed by atoms with E-state index in [-0.39, 0.29) is 25.1 Å². The standard InChI is InChI=1S/C20H21NO3/c22-14-18-12-19(23)13-21(18)20(24)10-9-15-5-4-8-17(11-15)16-6-2-1-3-7-16/h1-11,18-19,22-23H,12-14H2/b10-9+/t18-,19+/m0/s1. The number of aliphatic hydroxyl groups is 2. The molecule has 2 aromatic carbocycles. The number of β-amino-alcohol motifs (C(OH)–C–C–N with tert-alkyl or cyclic N) is 1. The van der Waals surface area contributed by atoms with Crippen LogP contribution in [0.25, 0.3) is 17.2 Å². The summed E-state index contributed by atoms with van der Waals surface area (Å²) in [6.45, 7) is 0.151. The zero-order valence-corrected chi connectivity index (χ0v) is 13.4. The Morgan fingerprint density at radius 3 is 2.62 bits per heavy atom. The number of hydrogen-bond donors (Lipinski definition) is 2. The zero-order chi connectivity index (χ0) is 16.9. The summed E-state index contributed by atoms with van der Waals surface area (Å²) in [5.74, 6) is -0.185. The maximum atomic E-state index is 12.3. The van der Waals surface area contributed by atoms with Crippen molar-refractivity contribution < 1.29 is 15.0 Å². The third-order valence-electron chi connectivity index (χ3n) is 4.30. The van der Waals surface area contributed by atoms with Crippen LogP contribution in [-0.4, -0.2) is 46.3 Å². The molecule has 4 heteroatoms. The van der Waals surface area contributed by atoms with Crippen molar-refractivity contribution in [3.05, 3.63) is 66.2 Å². The molecule has 2 N–H and O–H groups in total. The molecule has 0 aromatic heterocycles. The lowest BCUT2D eigenvalue weighted by Crippen LogP contribution is -2.36. The van der Waals surface area contributed by atoms with Crippen molar-refractivity contribution in [2.24, 2.45) is 0 Å². The number of nitrogens with zero attached hydrogens (tertiary/aromatic N) is 1. The van der Waals surface area contributed by atoms with Crippen LogP contribution in [0.4, 0.5) is 0 Å². The summed E-state index contributed by atoms with van der Waals surface area (Å²) in [6.07, 6.45) is 3.15. The van der Waals surface area contributed by atoms with E-state index in [0.717, 1.165) is 16.7 Å². The molecule has 0 bridgehead atoms. The summed E-state index contributed by atoms with van der Waals surface area (Å²) < 4.78 is 0. The highest BCUT2D eigenvalue weighted by atomic mass is 16.3. The molecule has 1 fully saturated rings. The first-order valence-corrected chi connectivity index (χ1v) is 8.10. The van der Waals surface area contributed by atoms with Crippen LogP contribution in [0.3, 0.4) is 0 Å². The van der Waals surface area contributed by atoms with E-state index < -0.39 is 6.10 Å². The Kier molecular flexibility index (Phi) is 5.08. The lowest BCUT2D eigenvalue weighted by Gasteiger charge is -2.20. The molecule has 0 radical (unpaired) electrons. The second-order valence-corrected chi connectivity index (χ2v) is 6.04. The second kappa shape index (κ2) is 7.43. The van der Waals surface area contributed by atoms with Crippen molar-refractivity contribution in [1.29, 1.82) is 0 Å². The average Bonchev–Trinajstić information content (AvgIpc) is 3.02. The average molecular weight is 323 g/mol. The smallest absolute Gasteiger partial charge is 0.246 e. The van der Waals surface area contributed by atoms with E-state index in [1.807, 2.05) is 54.6 Å². The van der Waals surface area contributed by atoms with Gasteiger partial charge in [0.05, 0.1) is 18.8 Å². The van der Waals surface area contributed by atoms with Crippen molar-refractivity contribution in [2.45, 2.75) is 18.6 Å². The van der Waals surface area contributed by atoms with E-state index in [1.165, 1.54) is 11.0 Å². The summed E-state index contributed by atoms with van der Waals surface area (Å²) in [7, 11) is 0. The number of carbonyl (C=O) groups excluding carboxylic acids is 1. The predicted octanol–water partition coefficient (Wildman–Crippen LogP) is 2.32. The third-order valence-corrected chi connectivity index (χ3v) is 4.30. The van der Waals surface area contributed by atoms with Crippen LogP contribution in [0.5, 0.6) is 0 Å². The number of hydrogen-bond acceptors (Lipinski definition) is 3. The van der Waals surface area contributed by atoms with Gasteiger partial charge in [-0.2, -0.15) is 0 Å². The highest BCUT2D eigenvalue weighted by Crippen LogP contribution is 2.21. The van der Waals surface area contributed by atoms with E-state index in [2.05, 4.69) is 0 Å². The monoisotopic (exact) mass is 323 g/mol. The maximum absolute atomic E-state index is 12.3. The van der Waals surface area contributed by atoms with E-state index >= 15 is 0 Å². The Bertz CT molecular complexity index is 727. The Morgan fingerprint density at radius 2 is 1.88 bits per heavy atom. The number of benzene rings is 2. The molecule has 1 heterocycles. The normalized spacial score (nSPS) is 20.7. The topological polar surface area (TPSA) is 60.8 Å². The molecule has 1 saturated heterocycles. The van der Waals surface area contributed by atoms with Gasteiger partial charge >= 0.3 is 0 Å². The van der Waals surface area contributed by atoms with Crippen LogP contribution >= 0.6 is 0 Å². The van der Waals surface area contributed by atoms with Crippen molar-refractivity contribution >= 4 is 12.0 Å². The number of amides is 1. The minimum Gasteiger partial charge on any atom is -0.394 e. The van der Waals surface area contributed by atoms with Crippen LogP contribution in [0.2, 0.25) is 0 Å². The Labute approximate surface area is 141 Å². The number of carbonyl (C=O) groups is 1. The Balaban J connectivity index is 1.74. The van der Waals surface area contributed by atoms with Gasteiger partial charge in [0.1, 0.15) is 0 Å². The molecule has 24 heavy (non-hydrogen) atoms. The van der Waals surface area contributed by atoms with Crippen LogP contribution in [0.15, 0.2) is 60.7 Å². The van der Waals surface area contributed by atoms with E-state index in [9.17, 15) is 15.0 Å². The van der Waals surface area contributed by atoms with E-state index in [4.69, 9.17) is 0 Å². The first-order chi connectivity index (χ1) is 11.7. The highest BCUT2D eigenvalue weighted by molar-refractivity contribution is 5.92. The molecule has 4 nitrogen and oxygen atoms in total. The van der Waals surface area contributed by atoms with Gasteiger partial charge in [0.15, 0.2) is 0 Å². The molecule has 3 rings (SSSR count). The largest absolute Gasteiger partial charge is 0.394 e. The molecule has 0 aliphatic carbocycles. The summed E-state index contributed by atoms with van der Waals surface area (Å²) in [5, 5.41) is 19.0. The first-order valence-electron chi connectivity index (χ1n) is 8.10. The molecule has 2 atom stereocenters. The van der Waals surface area contributed by atoms with Gasteiger partial charge in [-0.3, -0.25) is 4.79 Å². The van der Waals surface area contributed by atoms with Crippen molar-refractivity contribution in [2.75, 3.05) is 13.2 Å². The molecular formula is C20H21NO3. The van der Waals surface area contributed by atoms with Crippen molar-refractivity contribution in [1.82, 2.24) is 4.90 Å². The van der Waals surface area contributed by atoms with Gasteiger partial charge in [0.25, 0.3) is 0 Å². The summed E-state index contributed by atoms with van der Waals surface area (Å²) in [4.78, 5) is 13.8. The van der Waals surface area contributed by atoms with Gasteiger partial charge in [0, 0.05) is 12.6 Å². The minimum atomic E-state index is -0.555. The SMILES string of the molecule is O=C(/C=C/c1cccc(-c2ccccc2)c1)N1C[C@H](O)C[C@H]1CO. The number of aliphatic hydroxyl groups excluding tert-OH is 2.